The molecule has 158 valence electrons. The molecule has 0 spiro atoms. The maximum absolute atomic E-state index is 13.0. The highest BCUT2D eigenvalue weighted by Crippen LogP contribution is 2.11. The summed E-state index contributed by atoms with van der Waals surface area (Å²) in [5.74, 6) is -0.637. The largest absolute Gasteiger partial charge is 0.349 e. The number of rotatable bonds is 5. The van der Waals surface area contributed by atoms with Crippen LogP contribution in [0, 0.1) is 5.82 Å². The third-order valence-corrected chi connectivity index (χ3v) is 4.91. The summed E-state index contributed by atoms with van der Waals surface area (Å²) in [5, 5.41) is 5.56. The molecule has 2 N–H and O–H groups in total. The number of carbonyl (C=O) groups is 3. The van der Waals surface area contributed by atoms with Crippen LogP contribution in [0.3, 0.4) is 0 Å². The number of halogens is 1. The van der Waals surface area contributed by atoms with E-state index in [-0.39, 0.29) is 36.1 Å². The maximum atomic E-state index is 13.0. The molecule has 0 aliphatic carbocycles. The van der Waals surface area contributed by atoms with Crippen LogP contribution < -0.4 is 10.6 Å². The zero-order valence-electron chi connectivity index (χ0n) is 16.8. The molecule has 1 saturated heterocycles. The standard InChI is InChI=1S/C22H25FN4O3/c1-16(24-21(29)17-5-3-2-4-6-17)15-20(28)26-11-13-27(14-12-26)22(30)25-19-9-7-18(23)8-10-19/h2-10,16H,11-15H2,1H3,(H,24,29)(H,25,30). The van der Waals surface area contributed by atoms with Gasteiger partial charge in [-0.2, -0.15) is 0 Å². The number of urea groups is 1. The van der Waals surface area contributed by atoms with Crippen LogP contribution in [-0.2, 0) is 4.79 Å². The first kappa shape index (κ1) is 21.3. The average molecular weight is 412 g/mol. The Morgan fingerprint density at radius 1 is 0.933 bits per heavy atom. The van der Waals surface area contributed by atoms with Gasteiger partial charge >= 0.3 is 6.03 Å². The highest BCUT2D eigenvalue weighted by Gasteiger charge is 2.25. The SMILES string of the molecule is CC(CC(=O)N1CCN(C(=O)Nc2ccc(F)cc2)CC1)NC(=O)c1ccccc1. The van der Waals surface area contributed by atoms with Gasteiger partial charge in [-0.25, -0.2) is 9.18 Å². The molecule has 1 atom stereocenters. The number of nitrogens with zero attached hydrogens (tertiary/aromatic N) is 2. The Bertz CT molecular complexity index is 881. The van der Waals surface area contributed by atoms with Gasteiger partial charge in [0.1, 0.15) is 5.82 Å². The molecule has 4 amide bonds. The Hall–Kier alpha value is -3.42. The minimum absolute atomic E-state index is 0.0607. The monoisotopic (exact) mass is 412 g/mol. The molecule has 0 saturated carbocycles. The fourth-order valence-electron chi connectivity index (χ4n) is 3.23. The zero-order chi connectivity index (χ0) is 21.5. The first-order valence-corrected chi connectivity index (χ1v) is 9.87. The summed E-state index contributed by atoms with van der Waals surface area (Å²) < 4.78 is 13.0. The molecule has 8 heteroatoms. The summed E-state index contributed by atoms with van der Waals surface area (Å²) >= 11 is 0. The molecule has 1 unspecified atom stereocenters. The van der Waals surface area contributed by atoms with Crippen molar-refractivity contribution in [1.82, 2.24) is 15.1 Å². The molecular weight excluding hydrogens is 387 g/mol. The van der Waals surface area contributed by atoms with E-state index >= 15 is 0 Å². The summed E-state index contributed by atoms with van der Waals surface area (Å²) in [5.41, 5.74) is 1.07. The van der Waals surface area contributed by atoms with Crippen molar-refractivity contribution in [2.24, 2.45) is 0 Å². The van der Waals surface area contributed by atoms with Gasteiger partial charge in [-0.15, -0.1) is 0 Å². The molecule has 0 bridgehead atoms. The van der Waals surface area contributed by atoms with Gasteiger partial charge in [0.25, 0.3) is 5.91 Å². The molecule has 7 nitrogen and oxygen atoms in total. The van der Waals surface area contributed by atoms with E-state index in [0.29, 0.717) is 37.4 Å². The average Bonchev–Trinajstić information content (AvgIpc) is 2.76. The van der Waals surface area contributed by atoms with Crippen molar-refractivity contribution in [3.8, 4) is 0 Å². The first-order chi connectivity index (χ1) is 14.4. The van der Waals surface area contributed by atoms with Crippen molar-refractivity contribution in [2.75, 3.05) is 31.5 Å². The van der Waals surface area contributed by atoms with Crippen LogP contribution in [0.5, 0.6) is 0 Å². The van der Waals surface area contributed by atoms with Gasteiger partial charge in [-0.3, -0.25) is 9.59 Å². The van der Waals surface area contributed by atoms with Crippen molar-refractivity contribution >= 4 is 23.5 Å². The van der Waals surface area contributed by atoms with Crippen molar-refractivity contribution in [3.63, 3.8) is 0 Å². The third kappa shape index (κ3) is 5.79. The van der Waals surface area contributed by atoms with E-state index in [0.717, 1.165) is 0 Å². The number of anilines is 1. The van der Waals surface area contributed by atoms with Crippen molar-refractivity contribution in [2.45, 2.75) is 19.4 Å². The van der Waals surface area contributed by atoms with Gasteiger partial charge in [-0.1, -0.05) is 18.2 Å². The lowest BCUT2D eigenvalue weighted by atomic mass is 10.1. The molecule has 30 heavy (non-hydrogen) atoms. The van der Waals surface area contributed by atoms with Gasteiger partial charge < -0.3 is 20.4 Å². The van der Waals surface area contributed by atoms with Crippen molar-refractivity contribution < 1.29 is 18.8 Å². The lowest BCUT2D eigenvalue weighted by Crippen LogP contribution is -2.52. The predicted octanol–water partition coefficient (Wildman–Crippen LogP) is 2.71. The number of hydrogen-bond acceptors (Lipinski definition) is 3. The normalized spacial score (nSPS) is 14.7. The van der Waals surface area contributed by atoms with Crippen LogP contribution in [0.4, 0.5) is 14.9 Å². The summed E-state index contributed by atoms with van der Waals surface area (Å²) in [6.45, 7) is 3.46. The summed E-state index contributed by atoms with van der Waals surface area (Å²) in [6, 6.07) is 13.8. The van der Waals surface area contributed by atoms with E-state index in [1.54, 1.807) is 41.0 Å². The number of carbonyl (C=O) groups excluding carboxylic acids is 3. The van der Waals surface area contributed by atoms with E-state index in [1.165, 1.54) is 24.3 Å². The summed E-state index contributed by atoms with van der Waals surface area (Å²) in [7, 11) is 0. The molecule has 2 aromatic rings. The fraction of sp³-hybridized carbons (Fsp3) is 0.318. The van der Waals surface area contributed by atoms with Crippen LogP contribution in [0.15, 0.2) is 54.6 Å². The highest BCUT2D eigenvalue weighted by molar-refractivity contribution is 5.94. The van der Waals surface area contributed by atoms with Crippen LogP contribution >= 0.6 is 0 Å². The Kier molecular flexibility index (Phi) is 7.00. The molecule has 0 radical (unpaired) electrons. The van der Waals surface area contributed by atoms with Gasteiger partial charge in [0.15, 0.2) is 0 Å². The molecular formula is C22H25FN4O3. The van der Waals surface area contributed by atoms with Gasteiger partial charge in [0.05, 0.1) is 0 Å². The number of benzene rings is 2. The molecule has 1 fully saturated rings. The topological polar surface area (TPSA) is 81.8 Å². The quantitative estimate of drug-likeness (QED) is 0.792. The number of hydrogen-bond donors (Lipinski definition) is 2. The summed E-state index contributed by atoms with van der Waals surface area (Å²) in [6.07, 6.45) is 0.195. The Morgan fingerprint density at radius 2 is 1.53 bits per heavy atom. The minimum atomic E-state index is -0.366. The molecule has 1 heterocycles. The zero-order valence-corrected chi connectivity index (χ0v) is 16.8. The molecule has 2 aromatic carbocycles. The predicted molar refractivity (Wildman–Crippen MR) is 112 cm³/mol. The van der Waals surface area contributed by atoms with Crippen molar-refractivity contribution in [3.05, 3.63) is 66.0 Å². The van der Waals surface area contributed by atoms with E-state index < -0.39 is 0 Å². The maximum Gasteiger partial charge on any atom is 0.321 e. The Morgan fingerprint density at radius 3 is 2.17 bits per heavy atom. The molecule has 1 aliphatic rings. The number of nitrogens with one attached hydrogen (secondary N) is 2. The van der Waals surface area contributed by atoms with Crippen molar-refractivity contribution in [1.29, 1.82) is 0 Å². The van der Waals surface area contributed by atoms with Crippen LogP contribution in [0.25, 0.3) is 0 Å². The highest BCUT2D eigenvalue weighted by atomic mass is 19.1. The lowest BCUT2D eigenvalue weighted by Gasteiger charge is -2.35. The van der Waals surface area contributed by atoms with E-state index in [4.69, 9.17) is 0 Å². The fourth-order valence-corrected chi connectivity index (χ4v) is 3.23. The molecule has 0 aromatic heterocycles. The second kappa shape index (κ2) is 9.87. The summed E-state index contributed by atoms with van der Waals surface area (Å²) in [4.78, 5) is 40.4. The first-order valence-electron chi connectivity index (χ1n) is 9.87. The smallest absolute Gasteiger partial charge is 0.321 e. The van der Waals surface area contributed by atoms with Crippen LogP contribution in [-0.4, -0.2) is 59.9 Å². The Labute approximate surface area is 174 Å². The van der Waals surface area contributed by atoms with E-state index in [9.17, 15) is 18.8 Å². The molecule has 1 aliphatic heterocycles. The van der Waals surface area contributed by atoms with Crippen LogP contribution in [0.2, 0.25) is 0 Å². The third-order valence-electron chi connectivity index (χ3n) is 4.91. The van der Waals surface area contributed by atoms with E-state index in [2.05, 4.69) is 10.6 Å². The van der Waals surface area contributed by atoms with Gasteiger partial charge in [0, 0.05) is 49.9 Å². The second-order valence-corrected chi connectivity index (χ2v) is 7.25. The minimum Gasteiger partial charge on any atom is -0.349 e. The molecule has 3 rings (SSSR count). The van der Waals surface area contributed by atoms with Gasteiger partial charge in [-0.05, 0) is 43.3 Å². The number of piperazine rings is 1. The Balaban J connectivity index is 1.42. The van der Waals surface area contributed by atoms with E-state index in [1.807, 2.05) is 6.07 Å². The van der Waals surface area contributed by atoms with Crippen LogP contribution in [0.1, 0.15) is 23.7 Å². The second-order valence-electron chi connectivity index (χ2n) is 7.25. The van der Waals surface area contributed by atoms with Gasteiger partial charge in [0.2, 0.25) is 5.91 Å². The number of amides is 4. The lowest BCUT2D eigenvalue weighted by molar-refractivity contribution is -0.132.